The van der Waals surface area contributed by atoms with E-state index in [1.807, 2.05) is 67.7 Å². The van der Waals surface area contributed by atoms with E-state index in [1.165, 1.54) is 16.9 Å². The van der Waals surface area contributed by atoms with E-state index in [0.717, 1.165) is 16.3 Å². The van der Waals surface area contributed by atoms with Gasteiger partial charge in [0.25, 0.3) is 5.91 Å². The fraction of sp³-hybridized carbons (Fsp3) is 0.0500. The molecule has 1 N–H and O–H groups in total. The topological polar surface area (TPSA) is 59.8 Å². The average Bonchev–Trinajstić information content (AvgIpc) is 3.35. The first-order valence-corrected chi connectivity index (χ1v) is 9.01. The highest BCUT2D eigenvalue weighted by atomic mass is 32.1. The first-order chi connectivity index (χ1) is 12.7. The maximum atomic E-state index is 12.5. The molecule has 0 bridgehead atoms. The number of carbonyl (C=O) groups is 1. The number of hydrogen-bond acceptors (Lipinski definition) is 4. The zero-order chi connectivity index (χ0) is 17.9. The summed E-state index contributed by atoms with van der Waals surface area (Å²) in [6.45, 7) is 2.04. The van der Waals surface area contributed by atoms with Gasteiger partial charge in [-0.1, -0.05) is 35.9 Å². The maximum absolute atomic E-state index is 12.5. The van der Waals surface area contributed by atoms with Crippen molar-refractivity contribution >= 4 is 22.9 Å². The largest absolute Gasteiger partial charge is 0.321 e. The Hall–Kier alpha value is -3.25. The first-order valence-electron chi connectivity index (χ1n) is 8.13. The fourth-order valence-corrected chi connectivity index (χ4v) is 3.36. The highest BCUT2D eigenvalue weighted by Crippen LogP contribution is 2.24. The van der Waals surface area contributed by atoms with E-state index in [2.05, 4.69) is 15.4 Å². The molecule has 4 aromatic rings. The summed E-state index contributed by atoms with van der Waals surface area (Å²) < 4.78 is 1.74. The maximum Gasteiger partial charge on any atom is 0.275 e. The summed E-state index contributed by atoms with van der Waals surface area (Å²) >= 11 is 1.46. The van der Waals surface area contributed by atoms with Gasteiger partial charge in [-0.15, -0.1) is 11.3 Å². The van der Waals surface area contributed by atoms with E-state index in [0.29, 0.717) is 11.4 Å². The Bertz CT molecular complexity index is 1040. The molecule has 0 atom stereocenters. The Labute approximate surface area is 155 Å². The molecule has 26 heavy (non-hydrogen) atoms. The van der Waals surface area contributed by atoms with Crippen molar-refractivity contribution in [3.05, 3.63) is 83.6 Å². The van der Waals surface area contributed by atoms with Gasteiger partial charge < -0.3 is 5.32 Å². The molecule has 6 heteroatoms. The molecule has 0 spiro atoms. The minimum absolute atomic E-state index is 0.225. The lowest BCUT2D eigenvalue weighted by Gasteiger charge is -2.06. The predicted octanol–water partition coefficient (Wildman–Crippen LogP) is 4.56. The molecule has 2 aromatic heterocycles. The predicted molar refractivity (Wildman–Crippen MR) is 104 cm³/mol. The molecule has 1 amide bonds. The van der Waals surface area contributed by atoms with Crippen LogP contribution in [0.25, 0.3) is 16.3 Å². The number of hydrogen-bond donors (Lipinski definition) is 1. The fourth-order valence-electron chi connectivity index (χ4n) is 2.55. The lowest BCUT2D eigenvalue weighted by molar-refractivity contribution is 0.102. The monoisotopic (exact) mass is 360 g/mol. The van der Waals surface area contributed by atoms with Crippen molar-refractivity contribution in [2.24, 2.45) is 0 Å². The Kier molecular flexibility index (Phi) is 4.33. The number of anilines is 1. The van der Waals surface area contributed by atoms with Crippen molar-refractivity contribution in [3.63, 3.8) is 0 Å². The van der Waals surface area contributed by atoms with Crippen LogP contribution >= 0.6 is 11.3 Å². The summed E-state index contributed by atoms with van der Waals surface area (Å²) in [5, 5.41) is 9.71. The quantitative estimate of drug-likeness (QED) is 0.580. The van der Waals surface area contributed by atoms with Gasteiger partial charge in [-0.25, -0.2) is 9.67 Å². The second-order valence-corrected chi connectivity index (χ2v) is 6.72. The highest BCUT2D eigenvalue weighted by molar-refractivity contribution is 7.13. The number of thiazole rings is 1. The van der Waals surface area contributed by atoms with Gasteiger partial charge in [-0.2, -0.15) is 5.10 Å². The van der Waals surface area contributed by atoms with Gasteiger partial charge in [0.2, 0.25) is 0 Å². The Morgan fingerprint density at radius 2 is 1.96 bits per heavy atom. The Morgan fingerprint density at radius 1 is 1.12 bits per heavy atom. The van der Waals surface area contributed by atoms with Gasteiger partial charge in [-0.3, -0.25) is 4.79 Å². The van der Waals surface area contributed by atoms with Crippen LogP contribution in [-0.2, 0) is 0 Å². The lowest BCUT2D eigenvalue weighted by Crippen LogP contribution is -2.12. The molecular formula is C20H16N4OS. The third kappa shape index (κ3) is 3.41. The van der Waals surface area contributed by atoms with Crippen LogP contribution in [0.1, 0.15) is 16.1 Å². The standard InChI is InChI=1S/C20H16N4OS/c1-14-6-8-15(9-7-14)20-23-18(13-26-20)19(25)22-16-4-2-5-17(12-16)24-11-3-10-21-24/h2-13H,1H3,(H,22,25). The van der Waals surface area contributed by atoms with Crippen LogP contribution < -0.4 is 5.32 Å². The molecule has 2 aromatic carbocycles. The van der Waals surface area contributed by atoms with Crippen molar-refractivity contribution < 1.29 is 4.79 Å². The number of nitrogens with one attached hydrogen (secondary N) is 1. The number of aryl methyl sites for hydroxylation is 1. The van der Waals surface area contributed by atoms with E-state index >= 15 is 0 Å². The SMILES string of the molecule is Cc1ccc(-c2nc(C(=O)Nc3cccc(-n4cccn4)c3)cs2)cc1. The Balaban J connectivity index is 1.52. The highest BCUT2D eigenvalue weighted by Gasteiger charge is 2.12. The first kappa shape index (κ1) is 16.2. The van der Waals surface area contributed by atoms with Crippen molar-refractivity contribution in [3.8, 4) is 16.3 Å². The molecule has 0 aliphatic carbocycles. The summed E-state index contributed by atoms with van der Waals surface area (Å²) in [5.74, 6) is -0.225. The third-order valence-electron chi connectivity index (χ3n) is 3.91. The minimum Gasteiger partial charge on any atom is -0.321 e. The molecule has 0 fully saturated rings. The normalized spacial score (nSPS) is 10.7. The second kappa shape index (κ2) is 6.93. The minimum atomic E-state index is -0.225. The molecule has 5 nitrogen and oxygen atoms in total. The molecule has 2 heterocycles. The van der Waals surface area contributed by atoms with E-state index in [-0.39, 0.29) is 5.91 Å². The summed E-state index contributed by atoms with van der Waals surface area (Å²) in [5.41, 5.74) is 4.20. The average molecular weight is 360 g/mol. The van der Waals surface area contributed by atoms with Crippen LogP contribution in [0.15, 0.2) is 72.4 Å². The van der Waals surface area contributed by atoms with Crippen LogP contribution in [0.3, 0.4) is 0 Å². The Morgan fingerprint density at radius 3 is 2.73 bits per heavy atom. The molecule has 0 aliphatic heterocycles. The molecule has 0 saturated carbocycles. The van der Waals surface area contributed by atoms with Gasteiger partial charge >= 0.3 is 0 Å². The van der Waals surface area contributed by atoms with E-state index in [4.69, 9.17) is 0 Å². The molecule has 0 saturated heterocycles. The van der Waals surface area contributed by atoms with Crippen molar-refractivity contribution in [2.75, 3.05) is 5.32 Å². The van der Waals surface area contributed by atoms with Crippen LogP contribution in [0.5, 0.6) is 0 Å². The number of amides is 1. The summed E-state index contributed by atoms with van der Waals surface area (Å²) in [7, 11) is 0. The van der Waals surface area contributed by atoms with Gasteiger partial charge in [0.1, 0.15) is 10.7 Å². The molecule has 128 valence electrons. The molecule has 0 radical (unpaired) electrons. The van der Waals surface area contributed by atoms with E-state index in [9.17, 15) is 4.79 Å². The van der Waals surface area contributed by atoms with Crippen LogP contribution in [-0.4, -0.2) is 20.7 Å². The summed E-state index contributed by atoms with van der Waals surface area (Å²) in [4.78, 5) is 17.0. The summed E-state index contributed by atoms with van der Waals surface area (Å²) in [6, 6.07) is 17.5. The zero-order valence-corrected chi connectivity index (χ0v) is 14.9. The van der Waals surface area contributed by atoms with Gasteiger partial charge in [0, 0.05) is 29.0 Å². The molecular weight excluding hydrogens is 344 g/mol. The van der Waals surface area contributed by atoms with Gasteiger partial charge in [0.15, 0.2) is 0 Å². The van der Waals surface area contributed by atoms with E-state index < -0.39 is 0 Å². The molecule has 4 rings (SSSR count). The lowest BCUT2D eigenvalue weighted by atomic mass is 10.2. The van der Waals surface area contributed by atoms with Crippen LogP contribution in [0.4, 0.5) is 5.69 Å². The number of benzene rings is 2. The second-order valence-electron chi connectivity index (χ2n) is 5.86. The van der Waals surface area contributed by atoms with Crippen molar-refractivity contribution in [1.82, 2.24) is 14.8 Å². The van der Waals surface area contributed by atoms with Gasteiger partial charge in [0.05, 0.1) is 5.69 Å². The van der Waals surface area contributed by atoms with Crippen LogP contribution in [0.2, 0.25) is 0 Å². The number of rotatable bonds is 4. The molecule has 0 unspecified atom stereocenters. The third-order valence-corrected chi connectivity index (χ3v) is 4.80. The number of carbonyl (C=O) groups excluding carboxylic acids is 1. The smallest absolute Gasteiger partial charge is 0.275 e. The number of aromatic nitrogens is 3. The van der Waals surface area contributed by atoms with Crippen molar-refractivity contribution in [1.29, 1.82) is 0 Å². The summed E-state index contributed by atoms with van der Waals surface area (Å²) in [6.07, 6.45) is 3.57. The van der Waals surface area contributed by atoms with Gasteiger partial charge in [-0.05, 0) is 31.2 Å². The van der Waals surface area contributed by atoms with Crippen LogP contribution in [0, 0.1) is 6.92 Å². The zero-order valence-electron chi connectivity index (χ0n) is 14.1. The van der Waals surface area contributed by atoms with E-state index in [1.54, 1.807) is 16.3 Å². The van der Waals surface area contributed by atoms with Crippen molar-refractivity contribution in [2.45, 2.75) is 6.92 Å². The molecule has 0 aliphatic rings. The number of nitrogens with zero attached hydrogens (tertiary/aromatic N) is 3.